The monoisotopic (exact) mass is 244 g/mol. The maximum Gasteiger partial charge on any atom is 0.149 e. The molecule has 0 aliphatic rings. The van der Waals surface area contributed by atoms with Gasteiger partial charge < -0.3 is 5.73 Å². The average Bonchev–Trinajstić information content (AvgIpc) is 2.70. The van der Waals surface area contributed by atoms with Crippen molar-refractivity contribution in [2.45, 2.75) is 37.4 Å². The third-order valence-corrected chi connectivity index (χ3v) is 4.49. The van der Waals surface area contributed by atoms with Crippen molar-refractivity contribution in [1.82, 2.24) is 4.98 Å². The Kier molecular flexibility index (Phi) is 5.64. The lowest BCUT2D eigenvalue weighted by atomic mass is 9.88. The van der Waals surface area contributed by atoms with Crippen LogP contribution in [0.2, 0.25) is 0 Å². The zero-order valence-electron chi connectivity index (χ0n) is 9.53. The van der Waals surface area contributed by atoms with Crippen LogP contribution in [0.15, 0.2) is 15.9 Å². The molecule has 0 saturated heterocycles. The van der Waals surface area contributed by atoms with Gasteiger partial charge in [-0.3, -0.25) is 0 Å². The fraction of sp³-hybridized carbons (Fsp3) is 0.727. The number of thioether (sulfide) groups is 1. The average molecular weight is 244 g/mol. The van der Waals surface area contributed by atoms with Crippen LogP contribution in [0.25, 0.3) is 0 Å². The summed E-state index contributed by atoms with van der Waals surface area (Å²) >= 11 is 3.58. The molecule has 0 spiro atoms. The molecule has 15 heavy (non-hydrogen) atoms. The van der Waals surface area contributed by atoms with Gasteiger partial charge in [0.05, 0.1) is 0 Å². The number of nitrogens with zero attached hydrogens (tertiary/aromatic N) is 1. The third-order valence-electron chi connectivity index (χ3n) is 2.44. The van der Waals surface area contributed by atoms with Gasteiger partial charge in [0.25, 0.3) is 0 Å². The Morgan fingerprint density at radius 2 is 2.27 bits per heavy atom. The van der Waals surface area contributed by atoms with Crippen molar-refractivity contribution < 1.29 is 0 Å². The zero-order valence-corrected chi connectivity index (χ0v) is 11.2. The molecular formula is C11H20N2S2. The Morgan fingerprint density at radius 3 is 2.87 bits per heavy atom. The predicted molar refractivity (Wildman–Crippen MR) is 69.5 cm³/mol. The highest BCUT2D eigenvalue weighted by Crippen LogP contribution is 2.24. The molecule has 1 rings (SSSR count). The summed E-state index contributed by atoms with van der Waals surface area (Å²) in [6, 6.07) is 0. The van der Waals surface area contributed by atoms with Gasteiger partial charge in [-0.05, 0) is 24.8 Å². The van der Waals surface area contributed by atoms with E-state index < -0.39 is 0 Å². The van der Waals surface area contributed by atoms with Crippen molar-refractivity contribution in [3.05, 3.63) is 11.6 Å². The van der Waals surface area contributed by atoms with E-state index in [1.165, 1.54) is 29.4 Å². The number of aromatic nitrogens is 1. The summed E-state index contributed by atoms with van der Waals surface area (Å²) in [7, 11) is 0. The van der Waals surface area contributed by atoms with Crippen molar-refractivity contribution in [3.63, 3.8) is 0 Å². The summed E-state index contributed by atoms with van der Waals surface area (Å²) in [6.45, 7) is 5.26. The molecule has 0 bridgehead atoms. The Balaban J connectivity index is 2.03. The summed E-state index contributed by atoms with van der Waals surface area (Å²) in [6.07, 6.45) is 5.61. The van der Waals surface area contributed by atoms with Crippen molar-refractivity contribution in [2.75, 3.05) is 12.3 Å². The van der Waals surface area contributed by atoms with Crippen LogP contribution in [0, 0.1) is 5.41 Å². The lowest BCUT2D eigenvalue weighted by molar-refractivity contribution is 0.336. The molecule has 86 valence electrons. The van der Waals surface area contributed by atoms with E-state index in [4.69, 9.17) is 5.73 Å². The van der Waals surface area contributed by atoms with Crippen molar-refractivity contribution in [3.8, 4) is 0 Å². The Bertz CT molecular complexity index is 258. The second-order valence-corrected chi connectivity index (χ2v) is 6.71. The van der Waals surface area contributed by atoms with Gasteiger partial charge in [-0.15, -0.1) is 11.3 Å². The second-order valence-electron chi connectivity index (χ2n) is 4.47. The summed E-state index contributed by atoms with van der Waals surface area (Å²) in [4.78, 5) is 4.24. The number of hydrogen-bond acceptors (Lipinski definition) is 4. The molecule has 1 aromatic heterocycles. The van der Waals surface area contributed by atoms with Crippen LogP contribution >= 0.6 is 23.1 Å². The first-order chi connectivity index (χ1) is 7.14. The third kappa shape index (κ3) is 5.54. The van der Waals surface area contributed by atoms with Gasteiger partial charge in [0.15, 0.2) is 0 Å². The zero-order chi connectivity index (χ0) is 11.1. The van der Waals surface area contributed by atoms with Gasteiger partial charge in [0.1, 0.15) is 4.34 Å². The van der Waals surface area contributed by atoms with E-state index in [-0.39, 0.29) is 0 Å². The first-order valence-electron chi connectivity index (χ1n) is 5.36. The van der Waals surface area contributed by atoms with E-state index in [9.17, 15) is 0 Å². The number of rotatable bonds is 7. The van der Waals surface area contributed by atoms with Gasteiger partial charge in [-0.25, -0.2) is 4.98 Å². The topological polar surface area (TPSA) is 38.9 Å². The minimum Gasteiger partial charge on any atom is -0.330 e. The molecule has 0 saturated carbocycles. The highest BCUT2D eigenvalue weighted by atomic mass is 32.2. The number of hydrogen-bond donors (Lipinski definition) is 1. The molecule has 2 N–H and O–H groups in total. The van der Waals surface area contributed by atoms with Crippen LogP contribution in [0.4, 0.5) is 0 Å². The molecule has 0 aromatic carbocycles. The van der Waals surface area contributed by atoms with Gasteiger partial charge in [0.2, 0.25) is 0 Å². The summed E-state index contributed by atoms with van der Waals surface area (Å²) in [5.74, 6) is 1.17. The Labute approximate surface area is 101 Å². The smallest absolute Gasteiger partial charge is 0.149 e. The largest absolute Gasteiger partial charge is 0.330 e. The van der Waals surface area contributed by atoms with Crippen molar-refractivity contribution >= 4 is 23.1 Å². The van der Waals surface area contributed by atoms with Gasteiger partial charge in [0, 0.05) is 17.3 Å². The molecule has 0 unspecified atom stereocenters. The van der Waals surface area contributed by atoms with Gasteiger partial charge in [-0.2, -0.15) is 0 Å². The van der Waals surface area contributed by atoms with Crippen LogP contribution in [0.1, 0.15) is 33.1 Å². The molecule has 0 amide bonds. The van der Waals surface area contributed by atoms with Gasteiger partial charge >= 0.3 is 0 Å². The van der Waals surface area contributed by atoms with E-state index >= 15 is 0 Å². The number of unbranched alkanes of at least 4 members (excludes halogenated alkanes) is 1. The minimum atomic E-state index is 0.311. The van der Waals surface area contributed by atoms with Gasteiger partial charge in [-0.1, -0.05) is 32.0 Å². The predicted octanol–water partition coefficient (Wildman–Crippen LogP) is 3.39. The second kappa shape index (κ2) is 6.51. The molecule has 4 heteroatoms. The van der Waals surface area contributed by atoms with E-state index in [0.29, 0.717) is 5.41 Å². The van der Waals surface area contributed by atoms with Crippen molar-refractivity contribution in [2.24, 2.45) is 11.1 Å². The highest BCUT2D eigenvalue weighted by molar-refractivity contribution is 8.00. The maximum absolute atomic E-state index is 5.68. The van der Waals surface area contributed by atoms with E-state index in [1.807, 2.05) is 23.3 Å². The molecule has 0 atom stereocenters. The van der Waals surface area contributed by atoms with E-state index in [1.54, 1.807) is 11.3 Å². The molecular weight excluding hydrogens is 224 g/mol. The Morgan fingerprint density at radius 1 is 1.47 bits per heavy atom. The lowest BCUT2D eigenvalue weighted by Crippen LogP contribution is -2.23. The normalized spacial score (nSPS) is 11.9. The molecule has 0 aliphatic carbocycles. The highest BCUT2D eigenvalue weighted by Gasteiger charge is 2.14. The van der Waals surface area contributed by atoms with Crippen LogP contribution < -0.4 is 5.73 Å². The van der Waals surface area contributed by atoms with E-state index in [0.717, 1.165) is 6.54 Å². The fourth-order valence-electron chi connectivity index (χ4n) is 1.25. The SMILES string of the molecule is CC(C)(CN)CCCCSc1nccs1. The molecule has 0 fully saturated rings. The van der Waals surface area contributed by atoms with Crippen molar-refractivity contribution in [1.29, 1.82) is 0 Å². The maximum atomic E-state index is 5.68. The van der Waals surface area contributed by atoms with Crippen LogP contribution in [-0.4, -0.2) is 17.3 Å². The molecule has 0 aliphatic heterocycles. The van der Waals surface area contributed by atoms with Crippen LogP contribution in [0.3, 0.4) is 0 Å². The minimum absolute atomic E-state index is 0.311. The van der Waals surface area contributed by atoms with Crippen LogP contribution in [0.5, 0.6) is 0 Å². The van der Waals surface area contributed by atoms with E-state index in [2.05, 4.69) is 18.8 Å². The molecule has 1 aromatic rings. The standard InChI is InChI=1S/C11H20N2S2/c1-11(2,9-12)5-3-4-7-14-10-13-6-8-15-10/h6,8H,3-5,7,9,12H2,1-2H3. The fourth-order valence-corrected chi connectivity index (χ4v) is 2.96. The first-order valence-corrected chi connectivity index (χ1v) is 7.23. The quantitative estimate of drug-likeness (QED) is 0.590. The number of thiazole rings is 1. The Hall–Kier alpha value is -0.0600. The lowest BCUT2D eigenvalue weighted by Gasteiger charge is -2.21. The number of nitrogens with two attached hydrogens (primary N) is 1. The molecule has 2 nitrogen and oxygen atoms in total. The first kappa shape index (κ1) is 13.0. The molecule has 1 heterocycles. The van der Waals surface area contributed by atoms with Crippen LogP contribution in [-0.2, 0) is 0 Å². The summed E-state index contributed by atoms with van der Waals surface area (Å²) in [5.41, 5.74) is 6.00. The summed E-state index contributed by atoms with van der Waals surface area (Å²) < 4.78 is 1.19. The molecule has 0 radical (unpaired) electrons. The summed E-state index contributed by atoms with van der Waals surface area (Å²) in [5, 5.41) is 2.03.